The van der Waals surface area contributed by atoms with Crippen LogP contribution in [0.4, 0.5) is 9.80 Å². The molecular weight excluding hydrogens is 366 g/mol. The molecule has 0 bridgehead atoms. The van der Waals surface area contributed by atoms with Crippen LogP contribution in [0.3, 0.4) is 0 Å². The molecule has 7 nitrogen and oxygen atoms in total. The van der Waals surface area contributed by atoms with E-state index in [2.05, 4.69) is 5.32 Å². The van der Waals surface area contributed by atoms with Crippen LogP contribution in [0.25, 0.3) is 10.8 Å². The first kappa shape index (κ1) is 17.2. The smallest absolute Gasteiger partial charge is 0.319 e. The van der Waals surface area contributed by atoms with Crippen LogP contribution >= 0.6 is 11.3 Å². The zero-order valence-electron chi connectivity index (χ0n) is 14.3. The lowest BCUT2D eigenvalue weighted by Crippen LogP contribution is -2.41. The highest BCUT2D eigenvalue weighted by atomic mass is 32.1. The molecule has 27 heavy (non-hydrogen) atoms. The van der Waals surface area contributed by atoms with E-state index < -0.39 is 16.5 Å². The number of nitro groups is 1. The number of carbonyl (C=O) groups is 2. The number of urea groups is 1. The average Bonchev–Trinajstić information content (AvgIpc) is 3.21. The average molecular weight is 381 g/mol. The van der Waals surface area contributed by atoms with Gasteiger partial charge in [-0.15, -0.1) is 0 Å². The SMILES string of the molecule is CC1(c2cccc3ccccc23)NC(=O)N(Cc2csc([N+](=O)[O-])c2)C1=O. The monoisotopic (exact) mass is 381 g/mol. The highest BCUT2D eigenvalue weighted by Gasteiger charge is 2.49. The predicted octanol–water partition coefficient (Wildman–Crippen LogP) is 3.78. The van der Waals surface area contributed by atoms with E-state index in [-0.39, 0.29) is 17.5 Å². The first-order valence-electron chi connectivity index (χ1n) is 8.24. The molecule has 1 N–H and O–H groups in total. The number of hydrogen-bond donors (Lipinski definition) is 1. The molecule has 2 aromatic carbocycles. The molecule has 0 aliphatic carbocycles. The Balaban J connectivity index is 1.69. The van der Waals surface area contributed by atoms with Crippen molar-refractivity contribution < 1.29 is 14.5 Å². The quantitative estimate of drug-likeness (QED) is 0.423. The van der Waals surface area contributed by atoms with Crippen LogP contribution in [-0.4, -0.2) is 21.8 Å². The Morgan fingerprint density at radius 3 is 2.67 bits per heavy atom. The maximum Gasteiger partial charge on any atom is 0.325 e. The molecule has 1 aliphatic heterocycles. The molecular formula is C19H15N3O4S. The fourth-order valence-corrected chi connectivity index (χ4v) is 4.13. The van der Waals surface area contributed by atoms with Crippen LogP contribution < -0.4 is 5.32 Å². The van der Waals surface area contributed by atoms with Gasteiger partial charge in [0.25, 0.3) is 5.91 Å². The molecule has 0 radical (unpaired) electrons. The summed E-state index contributed by atoms with van der Waals surface area (Å²) in [4.78, 5) is 37.1. The normalized spacial score (nSPS) is 19.5. The minimum atomic E-state index is -1.19. The molecule has 1 atom stereocenters. The second-order valence-electron chi connectivity index (χ2n) is 6.52. The van der Waals surface area contributed by atoms with Crippen LogP contribution in [0, 0.1) is 10.1 Å². The molecule has 136 valence electrons. The largest absolute Gasteiger partial charge is 0.325 e. The summed E-state index contributed by atoms with van der Waals surface area (Å²) in [5, 5.41) is 17.1. The van der Waals surface area contributed by atoms with Crippen molar-refractivity contribution in [1.82, 2.24) is 10.2 Å². The Hall–Kier alpha value is -3.26. The van der Waals surface area contributed by atoms with E-state index in [1.54, 1.807) is 12.3 Å². The number of benzene rings is 2. The maximum atomic E-state index is 13.1. The van der Waals surface area contributed by atoms with Gasteiger partial charge in [0, 0.05) is 11.4 Å². The zero-order valence-corrected chi connectivity index (χ0v) is 15.2. The standard InChI is InChI=1S/C19H15N3O4S/c1-19(15-8-4-6-13-5-2-3-7-14(13)15)17(23)21(18(24)20-19)10-12-9-16(22(25)26)27-11-12/h2-9,11H,10H2,1H3,(H,20,24). The minimum Gasteiger partial charge on any atom is -0.319 e. The predicted molar refractivity (Wildman–Crippen MR) is 101 cm³/mol. The van der Waals surface area contributed by atoms with Crippen LogP contribution in [0.5, 0.6) is 0 Å². The van der Waals surface area contributed by atoms with Crippen LogP contribution in [-0.2, 0) is 16.9 Å². The number of nitrogens with zero attached hydrogens (tertiary/aromatic N) is 2. The highest BCUT2D eigenvalue weighted by molar-refractivity contribution is 7.13. The summed E-state index contributed by atoms with van der Waals surface area (Å²) in [6.45, 7) is 1.68. The third-order valence-corrected chi connectivity index (χ3v) is 5.69. The molecule has 1 saturated heterocycles. The zero-order chi connectivity index (χ0) is 19.2. The van der Waals surface area contributed by atoms with E-state index in [1.807, 2.05) is 42.5 Å². The fraction of sp³-hybridized carbons (Fsp3) is 0.158. The van der Waals surface area contributed by atoms with Crippen molar-refractivity contribution in [2.24, 2.45) is 0 Å². The summed E-state index contributed by atoms with van der Waals surface area (Å²) in [6, 6.07) is 14.2. The van der Waals surface area contributed by atoms with Gasteiger partial charge in [-0.05, 0) is 28.8 Å². The summed E-state index contributed by atoms with van der Waals surface area (Å²) >= 11 is 0.973. The number of carbonyl (C=O) groups excluding carboxylic acids is 2. The van der Waals surface area contributed by atoms with Crippen molar-refractivity contribution in [1.29, 1.82) is 0 Å². The maximum absolute atomic E-state index is 13.1. The van der Waals surface area contributed by atoms with Crippen molar-refractivity contribution >= 4 is 39.0 Å². The number of fused-ring (bicyclic) bond motifs is 1. The van der Waals surface area contributed by atoms with Crippen LogP contribution in [0.15, 0.2) is 53.9 Å². The van der Waals surface area contributed by atoms with Crippen LogP contribution in [0.1, 0.15) is 18.1 Å². The Labute approximate surface area is 158 Å². The molecule has 0 saturated carbocycles. The Morgan fingerprint density at radius 1 is 1.19 bits per heavy atom. The van der Waals surface area contributed by atoms with E-state index in [9.17, 15) is 19.7 Å². The van der Waals surface area contributed by atoms with E-state index >= 15 is 0 Å². The first-order valence-corrected chi connectivity index (χ1v) is 9.12. The van der Waals surface area contributed by atoms with E-state index in [0.29, 0.717) is 5.56 Å². The number of hydrogen-bond acceptors (Lipinski definition) is 5. The summed E-state index contributed by atoms with van der Waals surface area (Å²) in [6.07, 6.45) is 0. The van der Waals surface area contributed by atoms with Gasteiger partial charge in [0.1, 0.15) is 5.54 Å². The third kappa shape index (κ3) is 2.74. The van der Waals surface area contributed by atoms with Crippen LogP contribution in [0.2, 0.25) is 0 Å². The van der Waals surface area contributed by atoms with Gasteiger partial charge >= 0.3 is 11.0 Å². The van der Waals surface area contributed by atoms with Gasteiger partial charge < -0.3 is 5.32 Å². The van der Waals surface area contributed by atoms with Crippen molar-refractivity contribution in [3.63, 3.8) is 0 Å². The van der Waals surface area contributed by atoms with Gasteiger partial charge in [-0.1, -0.05) is 53.8 Å². The highest BCUT2D eigenvalue weighted by Crippen LogP contribution is 2.35. The molecule has 1 aliphatic rings. The van der Waals surface area contributed by atoms with Gasteiger partial charge in [-0.25, -0.2) is 4.79 Å². The third-order valence-electron chi connectivity index (χ3n) is 4.76. The molecule has 0 spiro atoms. The van der Waals surface area contributed by atoms with E-state index in [1.165, 1.54) is 6.07 Å². The van der Waals surface area contributed by atoms with Crippen molar-refractivity contribution in [3.8, 4) is 0 Å². The molecule has 1 unspecified atom stereocenters. The second-order valence-corrected chi connectivity index (χ2v) is 7.41. The number of imide groups is 1. The molecule has 8 heteroatoms. The molecule has 1 aromatic heterocycles. The fourth-order valence-electron chi connectivity index (χ4n) is 3.41. The molecule has 4 rings (SSSR count). The summed E-state index contributed by atoms with van der Waals surface area (Å²) in [7, 11) is 0. The lowest BCUT2D eigenvalue weighted by Gasteiger charge is -2.24. The van der Waals surface area contributed by atoms with Gasteiger partial charge in [-0.2, -0.15) is 0 Å². The topological polar surface area (TPSA) is 92.6 Å². The number of thiophene rings is 1. The molecule has 2 heterocycles. The Bertz CT molecular complexity index is 1090. The Kier molecular flexibility index (Phi) is 3.92. The molecule has 3 amide bonds. The van der Waals surface area contributed by atoms with Gasteiger partial charge in [0.15, 0.2) is 0 Å². The minimum absolute atomic E-state index is 0.00460. The summed E-state index contributed by atoms with van der Waals surface area (Å²) < 4.78 is 0. The molecule has 3 aromatic rings. The van der Waals surface area contributed by atoms with Gasteiger partial charge in [0.05, 0.1) is 11.5 Å². The van der Waals surface area contributed by atoms with Crippen molar-refractivity contribution in [2.45, 2.75) is 19.0 Å². The van der Waals surface area contributed by atoms with E-state index in [4.69, 9.17) is 0 Å². The number of rotatable bonds is 4. The lowest BCUT2D eigenvalue weighted by molar-refractivity contribution is -0.380. The first-order chi connectivity index (χ1) is 12.9. The van der Waals surface area contributed by atoms with Crippen molar-refractivity contribution in [3.05, 3.63) is 75.2 Å². The second kappa shape index (κ2) is 6.17. The number of nitrogens with one attached hydrogen (secondary N) is 1. The van der Waals surface area contributed by atoms with Gasteiger partial charge in [-0.3, -0.25) is 19.8 Å². The number of amides is 3. The van der Waals surface area contributed by atoms with E-state index in [0.717, 1.165) is 32.6 Å². The van der Waals surface area contributed by atoms with Gasteiger partial charge in [0.2, 0.25) is 0 Å². The summed E-state index contributed by atoms with van der Waals surface area (Å²) in [5.41, 5.74) is 0.0787. The lowest BCUT2D eigenvalue weighted by atomic mass is 9.88. The molecule has 1 fully saturated rings. The summed E-state index contributed by atoms with van der Waals surface area (Å²) in [5.74, 6) is -0.377. The Morgan fingerprint density at radius 2 is 1.93 bits per heavy atom. The van der Waals surface area contributed by atoms with Crippen molar-refractivity contribution in [2.75, 3.05) is 0 Å².